The van der Waals surface area contributed by atoms with Gasteiger partial charge in [0.25, 0.3) is 5.89 Å². The van der Waals surface area contributed by atoms with E-state index in [1.807, 2.05) is 30.3 Å². The quantitative estimate of drug-likeness (QED) is 0.170. The van der Waals surface area contributed by atoms with E-state index in [1.165, 1.54) is 4.90 Å². The molecule has 2 aliphatic heterocycles. The van der Waals surface area contributed by atoms with Crippen LogP contribution in [0.3, 0.4) is 0 Å². The number of aromatic nitrogens is 2. The van der Waals surface area contributed by atoms with Gasteiger partial charge < -0.3 is 24.7 Å². The van der Waals surface area contributed by atoms with Crippen LogP contribution in [0.15, 0.2) is 59.0 Å². The van der Waals surface area contributed by atoms with E-state index in [1.54, 1.807) is 24.3 Å². The Morgan fingerprint density at radius 3 is 2.39 bits per heavy atom. The number of piperidine rings is 1. The molecule has 0 bridgehead atoms. The van der Waals surface area contributed by atoms with Gasteiger partial charge in [0.15, 0.2) is 0 Å². The predicted molar refractivity (Wildman–Crippen MR) is 204 cm³/mol. The smallest absolute Gasteiger partial charge is 0.286 e. The number of carbonyl (C=O) groups is 3. The number of ether oxygens (including phenoxy) is 1. The van der Waals surface area contributed by atoms with Crippen LogP contribution in [0.5, 0.6) is 0 Å². The maximum absolute atomic E-state index is 14.4. The molecule has 1 aromatic heterocycles. The molecule has 292 valence electrons. The van der Waals surface area contributed by atoms with Gasteiger partial charge in [-0.1, -0.05) is 74.0 Å². The first-order valence-electron chi connectivity index (χ1n) is 19.1. The maximum Gasteiger partial charge on any atom is 0.286 e. The second-order valence-corrected chi connectivity index (χ2v) is 17.2. The first-order chi connectivity index (χ1) is 26.0. The van der Waals surface area contributed by atoms with Gasteiger partial charge in [-0.05, 0) is 86.9 Å². The zero-order valence-electron chi connectivity index (χ0n) is 30.8. The average Bonchev–Trinajstić information content (AvgIpc) is 3.85. The second-order valence-electron chi connectivity index (χ2n) is 15.0. The van der Waals surface area contributed by atoms with Gasteiger partial charge in [-0.2, -0.15) is 0 Å². The first-order valence-corrected chi connectivity index (χ1v) is 21.4. The number of ketones is 1. The van der Waals surface area contributed by atoms with Crippen molar-refractivity contribution in [2.75, 3.05) is 25.9 Å². The Morgan fingerprint density at radius 1 is 0.963 bits per heavy atom. The fourth-order valence-electron chi connectivity index (χ4n) is 7.89. The zero-order valence-corrected chi connectivity index (χ0v) is 32.3. The van der Waals surface area contributed by atoms with Crippen LogP contribution in [0.4, 0.5) is 0 Å². The lowest BCUT2D eigenvalue weighted by molar-refractivity contribution is -0.140. The fourth-order valence-corrected chi connectivity index (χ4v) is 8.76. The van der Waals surface area contributed by atoms with Crippen LogP contribution in [0.25, 0.3) is 11.5 Å². The van der Waals surface area contributed by atoms with Crippen molar-refractivity contribution in [1.82, 2.24) is 30.5 Å². The highest BCUT2D eigenvalue weighted by Gasteiger charge is 2.44. The van der Waals surface area contributed by atoms with Gasteiger partial charge in [0, 0.05) is 23.6 Å². The molecule has 2 saturated heterocycles. The number of amides is 2. The van der Waals surface area contributed by atoms with E-state index in [4.69, 9.17) is 20.8 Å². The van der Waals surface area contributed by atoms with Crippen LogP contribution in [-0.4, -0.2) is 91.2 Å². The Morgan fingerprint density at radius 2 is 1.69 bits per heavy atom. The monoisotopic (exact) mass is 782 g/mol. The lowest BCUT2D eigenvalue weighted by Gasteiger charge is -2.31. The minimum Gasteiger partial charge on any atom is -0.414 e. The molecule has 1 saturated carbocycles. The number of hydrogen-bond acceptors (Lipinski definition) is 10. The molecule has 6 rings (SSSR count). The molecule has 3 heterocycles. The molecule has 2 amide bonds. The van der Waals surface area contributed by atoms with Gasteiger partial charge in [0.2, 0.25) is 33.5 Å². The third kappa shape index (κ3) is 11.2. The molecular formula is C39H51ClN6O7S. The van der Waals surface area contributed by atoms with Crippen LogP contribution in [-0.2, 0) is 31.0 Å². The van der Waals surface area contributed by atoms with Gasteiger partial charge in [0.05, 0.1) is 25.0 Å². The van der Waals surface area contributed by atoms with Gasteiger partial charge in [-0.25, -0.2) is 13.1 Å². The topological polar surface area (TPSA) is 173 Å². The molecule has 54 heavy (non-hydrogen) atoms. The fraction of sp³-hybridized carbons (Fsp3) is 0.564. The van der Waals surface area contributed by atoms with E-state index in [-0.39, 0.29) is 37.3 Å². The molecule has 4 atom stereocenters. The molecule has 0 spiro atoms. The van der Waals surface area contributed by atoms with Crippen LogP contribution >= 0.6 is 11.6 Å². The van der Waals surface area contributed by atoms with E-state index in [0.717, 1.165) is 69.9 Å². The standard InChI is InChI=1S/C39H51ClN6O7S/c1-54(50,51)45-32(17-14-26-18-20-41-21-19-26)39(49)46-24-31(52-25-28-12-15-30(40)16-13-28)23-34(46)36(48)42-33(22-27-8-4-2-5-9-27)35(47)38-44-43-37(53-38)29-10-6-3-7-11-29/h3,6-7,10-13,15-16,26-27,31-34,41,45H,2,4-5,8-9,14,17-25H2,1H3,(H,42,48)/t31-,32-,33+,34+/m1/s1. The Hall–Kier alpha value is -3.69. The van der Waals surface area contributed by atoms with Crippen LogP contribution < -0.4 is 15.4 Å². The Labute approximate surface area is 322 Å². The number of benzene rings is 2. The number of hydrogen-bond donors (Lipinski definition) is 3. The van der Waals surface area contributed by atoms with Crippen molar-refractivity contribution in [3.8, 4) is 11.5 Å². The zero-order chi connectivity index (χ0) is 38.1. The number of nitrogens with zero attached hydrogens (tertiary/aromatic N) is 3. The summed E-state index contributed by atoms with van der Waals surface area (Å²) >= 11 is 6.07. The van der Waals surface area contributed by atoms with Gasteiger partial charge in [-0.15, -0.1) is 10.2 Å². The Balaban J connectivity index is 1.23. The highest BCUT2D eigenvalue weighted by molar-refractivity contribution is 7.88. The van der Waals surface area contributed by atoms with Crippen molar-refractivity contribution >= 4 is 39.2 Å². The Bertz CT molecular complexity index is 1810. The minimum atomic E-state index is -3.77. The molecule has 0 radical (unpaired) electrons. The van der Waals surface area contributed by atoms with E-state index in [0.29, 0.717) is 35.8 Å². The molecule has 1 aliphatic carbocycles. The molecule has 3 aliphatic rings. The summed E-state index contributed by atoms with van der Waals surface area (Å²) in [4.78, 5) is 44.3. The summed E-state index contributed by atoms with van der Waals surface area (Å²) in [6.45, 7) is 2.05. The number of likely N-dealkylation sites (tertiary alicyclic amines) is 1. The third-order valence-corrected chi connectivity index (χ3v) is 11.8. The molecule has 3 N–H and O–H groups in total. The van der Waals surface area contributed by atoms with E-state index < -0.39 is 51.9 Å². The van der Waals surface area contributed by atoms with Crippen molar-refractivity contribution in [3.05, 3.63) is 71.1 Å². The molecular weight excluding hydrogens is 732 g/mol. The van der Waals surface area contributed by atoms with Crippen LogP contribution in [0, 0.1) is 11.8 Å². The largest absolute Gasteiger partial charge is 0.414 e. The van der Waals surface area contributed by atoms with E-state index in [9.17, 15) is 22.8 Å². The van der Waals surface area contributed by atoms with Gasteiger partial charge in [-0.3, -0.25) is 14.4 Å². The van der Waals surface area contributed by atoms with Gasteiger partial charge >= 0.3 is 0 Å². The normalized spacial score (nSPS) is 21.1. The number of Topliss-reactive ketones (excluding diaryl/α,β-unsaturated/α-hetero) is 1. The van der Waals surface area contributed by atoms with Crippen LogP contribution in [0.2, 0.25) is 5.02 Å². The maximum atomic E-state index is 14.4. The molecule has 2 aromatic carbocycles. The summed E-state index contributed by atoms with van der Waals surface area (Å²) in [6.07, 6.45) is 8.98. The van der Waals surface area contributed by atoms with E-state index in [2.05, 4.69) is 25.6 Å². The number of rotatable bonds is 16. The van der Waals surface area contributed by atoms with Crippen LogP contribution in [0.1, 0.15) is 86.9 Å². The minimum absolute atomic E-state index is 0.0745. The number of carbonyl (C=O) groups excluding carboxylic acids is 3. The average molecular weight is 783 g/mol. The summed E-state index contributed by atoms with van der Waals surface area (Å²) in [6, 6.07) is 13.3. The summed E-state index contributed by atoms with van der Waals surface area (Å²) in [5.74, 6) is -0.943. The summed E-state index contributed by atoms with van der Waals surface area (Å²) in [7, 11) is -3.77. The lowest BCUT2D eigenvalue weighted by atomic mass is 9.84. The highest BCUT2D eigenvalue weighted by Crippen LogP contribution is 2.30. The van der Waals surface area contributed by atoms with E-state index >= 15 is 0 Å². The highest BCUT2D eigenvalue weighted by atomic mass is 35.5. The molecule has 3 fully saturated rings. The SMILES string of the molecule is CS(=O)(=O)N[C@H](CCC1CCNCC1)C(=O)N1C[C@H](OCc2ccc(Cl)cc2)C[C@H]1C(=O)N[C@@H](CC1CCCCC1)C(=O)c1nnc(-c2ccccc2)o1. The van der Waals surface area contributed by atoms with Crippen molar-refractivity contribution < 1.29 is 32.0 Å². The summed E-state index contributed by atoms with van der Waals surface area (Å²) in [5, 5.41) is 15.1. The number of nitrogens with one attached hydrogen (secondary N) is 3. The lowest BCUT2D eigenvalue weighted by Crippen LogP contribution is -2.55. The number of halogens is 1. The van der Waals surface area contributed by atoms with Crippen molar-refractivity contribution in [3.63, 3.8) is 0 Å². The first kappa shape index (κ1) is 40.0. The summed E-state index contributed by atoms with van der Waals surface area (Å²) in [5.41, 5.74) is 1.54. The molecule has 13 nitrogen and oxygen atoms in total. The third-order valence-electron chi connectivity index (χ3n) is 10.8. The second kappa shape index (κ2) is 18.8. The predicted octanol–water partition coefficient (Wildman–Crippen LogP) is 4.91. The van der Waals surface area contributed by atoms with Crippen molar-refractivity contribution in [2.24, 2.45) is 11.8 Å². The van der Waals surface area contributed by atoms with Crippen molar-refractivity contribution in [2.45, 2.75) is 101 Å². The Kier molecular flexibility index (Phi) is 13.9. The number of sulfonamides is 1. The van der Waals surface area contributed by atoms with Crippen molar-refractivity contribution in [1.29, 1.82) is 0 Å². The van der Waals surface area contributed by atoms with Gasteiger partial charge in [0.1, 0.15) is 12.1 Å². The molecule has 15 heteroatoms. The summed E-state index contributed by atoms with van der Waals surface area (Å²) < 4.78 is 39.7. The molecule has 0 unspecified atom stereocenters. The molecule has 3 aromatic rings.